The molecule has 1 atom stereocenters. The predicted molar refractivity (Wildman–Crippen MR) is 74.2 cm³/mol. The van der Waals surface area contributed by atoms with Crippen LogP contribution in [0.2, 0.25) is 0 Å². The molecular formula is C15H22N2O. The normalized spacial score (nSPS) is 23.4. The van der Waals surface area contributed by atoms with Gasteiger partial charge in [-0.1, -0.05) is 36.8 Å². The van der Waals surface area contributed by atoms with E-state index in [1.54, 1.807) is 24.3 Å². The topological polar surface area (TPSA) is 35.5 Å². The van der Waals surface area contributed by atoms with E-state index >= 15 is 0 Å². The van der Waals surface area contributed by atoms with E-state index in [9.17, 15) is 0 Å². The number of nitrogens with one attached hydrogen (secondary N) is 1. The third-order valence-electron chi connectivity index (χ3n) is 3.29. The molecule has 3 nitrogen and oxygen atoms in total. The summed E-state index contributed by atoms with van der Waals surface area (Å²) in [7, 11) is 0. The molecule has 18 heavy (non-hydrogen) atoms. The number of hydrazine groups is 1. The van der Waals surface area contributed by atoms with Gasteiger partial charge in [0, 0.05) is 19.1 Å². The lowest BCUT2D eigenvalue weighted by Gasteiger charge is -2.30. The average Bonchev–Trinajstić information content (AvgIpc) is 2.65. The first-order valence-corrected chi connectivity index (χ1v) is 6.77. The smallest absolute Gasteiger partial charge is 0.115 e. The molecule has 2 aliphatic rings. The summed E-state index contributed by atoms with van der Waals surface area (Å²) in [5.74, 6) is 0.322. The molecule has 3 rings (SSSR count). The molecule has 0 spiro atoms. The van der Waals surface area contributed by atoms with E-state index in [1.807, 2.05) is 6.07 Å². The first kappa shape index (κ1) is 13.1. The number of nitrogens with zero attached hydrogens (tertiary/aromatic N) is 1. The van der Waals surface area contributed by atoms with Gasteiger partial charge in [-0.25, -0.2) is 5.01 Å². The molecule has 1 aromatic rings. The van der Waals surface area contributed by atoms with Gasteiger partial charge in [-0.05, 0) is 31.4 Å². The van der Waals surface area contributed by atoms with Gasteiger partial charge in [0.1, 0.15) is 5.75 Å². The average molecular weight is 246 g/mol. The van der Waals surface area contributed by atoms with Crippen LogP contribution in [0, 0.1) is 0 Å². The summed E-state index contributed by atoms with van der Waals surface area (Å²) in [6.07, 6.45) is 9.92. The van der Waals surface area contributed by atoms with Crippen molar-refractivity contribution in [2.24, 2.45) is 0 Å². The van der Waals surface area contributed by atoms with Gasteiger partial charge in [0.15, 0.2) is 0 Å². The van der Waals surface area contributed by atoms with Crippen LogP contribution in [0.1, 0.15) is 25.7 Å². The number of rotatable bonds is 0. The van der Waals surface area contributed by atoms with Crippen molar-refractivity contribution in [3.05, 3.63) is 42.5 Å². The molecule has 0 saturated carbocycles. The van der Waals surface area contributed by atoms with Crippen molar-refractivity contribution in [3.8, 4) is 5.75 Å². The number of fused-ring (bicyclic) bond motifs is 1. The molecule has 2 N–H and O–H groups in total. The van der Waals surface area contributed by atoms with Crippen molar-refractivity contribution in [2.45, 2.75) is 31.7 Å². The molecule has 2 heterocycles. The summed E-state index contributed by atoms with van der Waals surface area (Å²) in [5, 5.41) is 11.0. The summed E-state index contributed by atoms with van der Waals surface area (Å²) >= 11 is 0. The highest BCUT2D eigenvalue weighted by atomic mass is 16.3. The molecule has 1 fully saturated rings. The van der Waals surface area contributed by atoms with Gasteiger partial charge >= 0.3 is 0 Å². The Kier molecular flexibility index (Phi) is 5.24. The molecule has 1 aromatic carbocycles. The van der Waals surface area contributed by atoms with Crippen LogP contribution >= 0.6 is 0 Å². The van der Waals surface area contributed by atoms with E-state index < -0.39 is 0 Å². The Morgan fingerprint density at radius 1 is 1.17 bits per heavy atom. The van der Waals surface area contributed by atoms with Crippen molar-refractivity contribution in [2.75, 3.05) is 13.1 Å². The van der Waals surface area contributed by atoms with Crippen molar-refractivity contribution in [3.63, 3.8) is 0 Å². The minimum atomic E-state index is 0.322. The van der Waals surface area contributed by atoms with E-state index in [0.717, 1.165) is 0 Å². The zero-order valence-electron chi connectivity index (χ0n) is 10.8. The second-order valence-corrected chi connectivity index (χ2v) is 4.72. The van der Waals surface area contributed by atoms with Crippen LogP contribution in [0.15, 0.2) is 42.5 Å². The second-order valence-electron chi connectivity index (χ2n) is 4.72. The SMILES string of the molecule is C1=CC2CCCCNN2CC1.Oc1ccccc1. The number of hydrogen-bond donors (Lipinski definition) is 2. The minimum Gasteiger partial charge on any atom is -0.508 e. The number of phenols is 1. The van der Waals surface area contributed by atoms with Crippen molar-refractivity contribution in [1.82, 2.24) is 10.4 Å². The number of hydrogen-bond acceptors (Lipinski definition) is 3. The Labute approximate surface area is 109 Å². The monoisotopic (exact) mass is 246 g/mol. The largest absolute Gasteiger partial charge is 0.508 e. The summed E-state index contributed by atoms with van der Waals surface area (Å²) in [5.41, 5.74) is 3.47. The number of aromatic hydroxyl groups is 1. The predicted octanol–water partition coefficient (Wildman–Crippen LogP) is 2.70. The molecule has 1 saturated heterocycles. The lowest BCUT2D eigenvalue weighted by Crippen LogP contribution is -2.45. The van der Waals surface area contributed by atoms with E-state index in [1.165, 1.54) is 38.8 Å². The second kappa shape index (κ2) is 7.19. The summed E-state index contributed by atoms with van der Waals surface area (Å²) < 4.78 is 0. The first-order valence-electron chi connectivity index (χ1n) is 6.77. The number of phenolic OH excluding ortho intramolecular Hbond substituents is 1. The van der Waals surface area contributed by atoms with Crippen LogP contribution in [0.5, 0.6) is 5.75 Å². The maximum atomic E-state index is 8.63. The van der Waals surface area contributed by atoms with E-state index in [4.69, 9.17) is 5.11 Å². The van der Waals surface area contributed by atoms with Gasteiger partial charge in [-0.3, -0.25) is 5.43 Å². The third-order valence-corrected chi connectivity index (χ3v) is 3.29. The van der Waals surface area contributed by atoms with Gasteiger partial charge in [0.25, 0.3) is 0 Å². The number of para-hydroxylation sites is 1. The Hall–Kier alpha value is -1.32. The summed E-state index contributed by atoms with van der Waals surface area (Å²) in [4.78, 5) is 0. The fourth-order valence-electron chi connectivity index (χ4n) is 2.31. The molecule has 0 radical (unpaired) electrons. The molecule has 3 heteroatoms. The van der Waals surface area contributed by atoms with Gasteiger partial charge in [-0.2, -0.15) is 0 Å². The number of benzene rings is 1. The van der Waals surface area contributed by atoms with Crippen LogP contribution in [-0.2, 0) is 0 Å². The molecule has 1 unspecified atom stereocenters. The van der Waals surface area contributed by atoms with Crippen LogP contribution in [0.3, 0.4) is 0 Å². The lowest BCUT2D eigenvalue weighted by molar-refractivity contribution is 0.155. The fourth-order valence-corrected chi connectivity index (χ4v) is 2.31. The maximum Gasteiger partial charge on any atom is 0.115 e. The van der Waals surface area contributed by atoms with Crippen LogP contribution < -0.4 is 5.43 Å². The Bertz CT molecular complexity index is 364. The zero-order chi connectivity index (χ0) is 12.6. The molecular weight excluding hydrogens is 224 g/mol. The molecule has 0 aliphatic carbocycles. The Morgan fingerprint density at radius 3 is 2.72 bits per heavy atom. The first-order chi connectivity index (χ1) is 8.86. The summed E-state index contributed by atoms with van der Waals surface area (Å²) in [6.45, 7) is 2.37. The van der Waals surface area contributed by atoms with Crippen LogP contribution in [0.4, 0.5) is 0 Å². The van der Waals surface area contributed by atoms with Gasteiger partial charge < -0.3 is 5.11 Å². The zero-order valence-corrected chi connectivity index (χ0v) is 10.8. The van der Waals surface area contributed by atoms with E-state index in [0.29, 0.717) is 11.8 Å². The summed E-state index contributed by atoms with van der Waals surface area (Å²) in [6, 6.07) is 9.40. The maximum absolute atomic E-state index is 8.63. The highest BCUT2D eigenvalue weighted by molar-refractivity contribution is 5.18. The highest BCUT2D eigenvalue weighted by Crippen LogP contribution is 2.16. The van der Waals surface area contributed by atoms with Gasteiger partial charge in [0.05, 0.1) is 0 Å². The molecule has 98 valence electrons. The highest BCUT2D eigenvalue weighted by Gasteiger charge is 2.19. The van der Waals surface area contributed by atoms with E-state index in [2.05, 4.69) is 22.6 Å². The molecule has 0 bridgehead atoms. The van der Waals surface area contributed by atoms with Gasteiger partial charge in [0.2, 0.25) is 0 Å². The Balaban J connectivity index is 0.000000149. The van der Waals surface area contributed by atoms with E-state index in [-0.39, 0.29) is 0 Å². The fraction of sp³-hybridized carbons (Fsp3) is 0.467. The van der Waals surface area contributed by atoms with Crippen LogP contribution in [0.25, 0.3) is 0 Å². The molecule has 0 amide bonds. The minimum absolute atomic E-state index is 0.322. The molecule has 2 aliphatic heterocycles. The molecule has 0 aromatic heterocycles. The quantitative estimate of drug-likeness (QED) is 0.691. The van der Waals surface area contributed by atoms with Crippen molar-refractivity contribution in [1.29, 1.82) is 0 Å². The Morgan fingerprint density at radius 2 is 2.00 bits per heavy atom. The van der Waals surface area contributed by atoms with Crippen LogP contribution in [-0.4, -0.2) is 29.2 Å². The van der Waals surface area contributed by atoms with Crippen molar-refractivity contribution >= 4 is 0 Å². The standard InChI is InChI=1S/C9H16N2.C6H6O/c1-3-7-10-11-8-4-2-6-9(11)5-1;7-6-4-2-1-3-5-6/h2,6,9-10H,1,3-5,7-8H2;1-5,7H. The van der Waals surface area contributed by atoms with Crippen molar-refractivity contribution < 1.29 is 5.11 Å². The van der Waals surface area contributed by atoms with Gasteiger partial charge in [-0.15, -0.1) is 0 Å². The lowest BCUT2D eigenvalue weighted by atomic mass is 10.1. The third kappa shape index (κ3) is 4.17.